The number of benzene rings is 1. The van der Waals surface area contributed by atoms with Gasteiger partial charge < -0.3 is 4.90 Å². The van der Waals surface area contributed by atoms with E-state index in [-0.39, 0.29) is 23.5 Å². The Hall–Kier alpha value is -2.15. The van der Waals surface area contributed by atoms with Gasteiger partial charge in [0.2, 0.25) is 0 Å². The Morgan fingerprint density at radius 2 is 1.81 bits per heavy atom. The van der Waals surface area contributed by atoms with Crippen LogP contribution >= 0.6 is 0 Å². The smallest absolute Gasteiger partial charge is 0.274 e. The number of hydrogen-bond acceptors (Lipinski definition) is 4. The number of nitrogens with zero attached hydrogens (tertiary/aromatic N) is 3. The number of carbonyl (C=O) groups is 1. The number of aryl methyl sites for hydroxylation is 1. The van der Waals surface area contributed by atoms with Gasteiger partial charge in [0.1, 0.15) is 0 Å². The van der Waals surface area contributed by atoms with E-state index >= 15 is 0 Å². The van der Waals surface area contributed by atoms with Crippen LogP contribution in [0.3, 0.4) is 0 Å². The van der Waals surface area contributed by atoms with Crippen molar-refractivity contribution in [3.05, 3.63) is 41.6 Å². The van der Waals surface area contributed by atoms with Crippen LogP contribution in [0.25, 0.3) is 11.3 Å². The van der Waals surface area contributed by atoms with Gasteiger partial charge in [-0.25, -0.2) is 8.42 Å². The number of aromatic nitrogens is 2. The van der Waals surface area contributed by atoms with Gasteiger partial charge in [-0.3, -0.25) is 9.48 Å². The molecule has 3 heterocycles. The molecule has 6 nitrogen and oxygen atoms in total. The lowest BCUT2D eigenvalue weighted by atomic mass is 10.1. The van der Waals surface area contributed by atoms with Crippen LogP contribution in [0.5, 0.6) is 0 Å². The highest BCUT2D eigenvalue weighted by Gasteiger charge is 2.32. The first-order chi connectivity index (χ1) is 12.9. The Balaban J connectivity index is 1.72. The zero-order valence-corrected chi connectivity index (χ0v) is 16.4. The van der Waals surface area contributed by atoms with Crippen molar-refractivity contribution in [2.75, 3.05) is 24.6 Å². The van der Waals surface area contributed by atoms with E-state index in [0.717, 1.165) is 49.2 Å². The number of rotatable bonds is 3. The third kappa shape index (κ3) is 3.78. The van der Waals surface area contributed by atoms with Gasteiger partial charge in [-0.2, -0.15) is 5.10 Å². The molecular formula is C20H25N3O3S. The quantitative estimate of drug-likeness (QED) is 0.812. The average molecular weight is 388 g/mol. The Labute approximate surface area is 160 Å². The lowest BCUT2D eigenvalue weighted by Crippen LogP contribution is -2.35. The molecule has 0 N–H and O–H groups in total. The first-order valence-corrected chi connectivity index (χ1v) is 11.4. The Morgan fingerprint density at radius 1 is 1.11 bits per heavy atom. The Morgan fingerprint density at radius 3 is 2.44 bits per heavy atom. The van der Waals surface area contributed by atoms with Crippen LogP contribution in [0.1, 0.15) is 47.8 Å². The molecule has 0 saturated carbocycles. The van der Waals surface area contributed by atoms with Gasteiger partial charge in [0.25, 0.3) is 5.91 Å². The number of piperidine rings is 1. The lowest BCUT2D eigenvalue weighted by Gasteiger charge is -2.25. The third-order valence-corrected chi connectivity index (χ3v) is 7.25. The summed E-state index contributed by atoms with van der Waals surface area (Å²) in [6, 6.07) is 9.65. The molecule has 1 atom stereocenters. The largest absolute Gasteiger partial charge is 0.337 e. The number of carbonyl (C=O) groups excluding carboxylic acids is 1. The van der Waals surface area contributed by atoms with Crippen LogP contribution in [0.15, 0.2) is 30.3 Å². The molecule has 4 rings (SSSR count). The summed E-state index contributed by atoms with van der Waals surface area (Å²) in [5, 5.41) is 4.59. The average Bonchev–Trinajstić information content (AvgIpc) is 3.26. The van der Waals surface area contributed by atoms with Crippen molar-refractivity contribution in [3.63, 3.8) is 0 Å². The van der Waals surface area contributed by atoms with E-state index in [4.69, 9.17) is 0 Å². The summed E-state index contributed by atoms with van der Waals surface area (Å²) in [5.74, 6) is 0.216. The molecule has 0 spiro atoms. The van der Waals surface area contributed by atoms with Gasteiger partial charge in [0.15, 0.2) is 15.5 Å². The predicted octanol–water partition coefficient (Wildman–Crippen LogP) is 2.84. The summed E-state index contributed by atoms with van der Waals surface area (Å²) >= 11 is 0. The molecule has 0 radical (unpaired) electrons. The lowest BCUT2D eigenvalue weighted by molar-refractivity contribution is 0.0717. The molecule has 0 unspecified atom stereocenters. The molecular weight excluding hydrogens is 362 g/mol. The van der Waals surface area contributed by atoms with Crippen molar-refractivity contribution in [1.29, 1.82) is 0 Å². The molecule has 0 aliphatic carbocycles. The summed E-state index contributed by atoms with van der Waals surface area (Å²) in [4.78, 5) is 14.8. The Bertz CT molecular complexity index is 941. The fraction of sp³-hybridized carbons (Fsp3) is 0.500. The third-order valence-electron chi connectivity index (χ3n) is 5.50. The molecule has 7 heteroatoms. The first-order valence-electron chi connectivity index (χ1n) is 9.59. The first kappa shape index (κ1) is 18.2. The van der Waals surface area contributed by atoms with Crippen molar-refractivity contribution in [2.24, 2.45) is 0 Å². The summed E-state index contributed by atoms with van der Waals surface area (Å²) in [6.45, 7) is 3.56. The molecule has 1 aromatic heterocycles. The molecule has 144 valence electrons. The highest BCUT2D eigenvalue weighted by atomic mass is 32.2. The van der Waals surface area contributed by atoms with E-state index in [1.165, 1.54) is 0 Å². The number of hydrogen-bond donors (Lipinski definition) is 0. The van der Waals surface area contributed by atoms with Crippen LogP contribution in [0.4, 0.5) is 0 Å². The maximum Gasteiger partial charge on any atom is 0.274 e. The molecule has 2 saturated heterocycles. The predicted molar refractivity (Wildman–Crippen MR) is 104 cm³/mol. The normalized spacial score (nSPS) is 22.1. The molecule has 2 fully saturated rings. The second kappa shape index (κ2) is 7.11. The van der Waals surface area contributed by atoms with Crippen molar-refractivity contribution in [3.8, 4) is 11.3 Å². The second-order valence-corrected chi connectivity index (χ2v) is 9.86. The maximum atomic E-state index is 12.9. The summed E-state index contributed by atoms with van der Waals surface area (Å²) < 4.78 is 25.7. The van der Waals surface area contributed by atoms with Crippen LogP contribution in [0, 0.1) is 6.92 Å². The summed E-state index contributed by atoms with van der Waals surface area (Å²) in [6.07, 6.45) is 3.75. The standard InChI is InChI=1S/C20H25N3O3S/c1-15-5-7-16(8-6-15)19-13-18(20(24)22-10-3-2-4-11-22)21-23(19)17-9-12-27(25,26)14-17/h5-8,13,17H,2-4,9-12,14H2,1H3/t17-/m0/s1. The van der Waals surface area contributed by atoms with Crippen molar-refractivity contribution < 1.29 is 13.2 Å². The topological polar surface area (TPSA) is 72.3 Å². The number of amides is 1. The molecule has 2 aromatic rings. The van der Waals surface area contributed by atoms with Crippen molar-refractivity contribution in [2.45, 2.75) is 38.6 Å². The van der Waals surface area contributed by atoms with Gasteiger partial charge in [-0.05, 0) is 44.2 Å². The highest BCUT2D eigenvalue weighted by molar-refractivity contribution is 7.91. The molecule has 1 amide bonds. The van der Waals surface area contributed by atoms with E-state index in [0.29, 0.717) is 12.1 Å². The minimum absolute atomic E-state index is 0.0531. The number of sulfone groups is 1. The fourth-order valence-corrected chi connectivity index (χ4v) is 5.64. The van der Waals surface area contributed by atoms with Gasteiger partial charge in [0, 0.05) is 13.1 Å². The van der Waals surface area contributed by atoms with Gasteiger partial charge in [-0.15, -0.1) is 0 Å². The SMILES string of the molecule is Cc1ccc(-c2cc(C(=O)N3CCCCC3)nn2[C@H]2CCS(=O)(=O)C2)cc1. The van der Waals surface area contributed by atoms with Crippen molar-refractivity contribution in [1.82, 2.24) is 14.7 Å². The maximum absolute atomic E-state index is 12.9. The second-order valence-electron chi connectivity index (χ2n) is 7.64. The van der Waals surface area contributed by atoms with Crippen LogP contribution < -0.4 is 0 Å². The molecule has 27 heavy (non-hydrogen) atoms. The zero-order valence-electron chi connectivity index (χ0n) is 15.6. The van der Waals surface area contributed by atoms with E-state index in [2.05, 4.69) is 5.10 Å². The van der Waals surface area contributed by atoms with Gasteiger partial charge in [0.05, 0.1) is 23.2 Å². The van der Waals surface area contributed by atoms with Crippen molar-refractivity contribution >= 4 is 15.7 Å². The monoisotopic (exact) mass is 387 g/mol. The summed E-state index contributed by atoms with van der Waals surface area (Å²) in [7, 11) is -3.04. The van der Waals surface area contributed by atoms with Crippen LogP contribution in [-0.4, -0.2) is 53.6 Å². The highest BCUT2D eigenvalue weighted by Crippen LogP contribution is 2.30. The van der Waals surface area contributed by atoms with Crippen LogP contribution in [-0.2, 0) is 9.84 Å². The van der Waals surface area contributed by atoms with Gasteiger partial charge >= 0.3 is 0 Å². The minimum atomic E-state index is -3.04. The zero-order chi connectivity index (χ0) is 19.0. The van der Waals surface area contributed by atoms with E-state index in [1.807, 2.05) is 42.2 Å². The van der Waals surface area contributed by atoms with E-state index < -0.39 is 9.84 Å². The number of likely N-dealkylation sites (tertiary alicyclic amines) is 1. The summed E-state index contributed by atoms with van der Waals surface area (Å²) in [5.41, 5.74) is 3.34. The molecule has 2 aliphatic rings. The molecule has 2 aliphatic heterocycles. The van der Waals surface area contributed by atoms with E-state index in [9.17, 15) is 13.2 Å². The minimum Gasteiger partial charge on any atom is -0.337 e. The molecule has 0 bridgehead atoms. The van der Waals surface area contributed by atoms with E-state index in [1.54, 1.807) is 4.68 Å². The fourth-order valence-electron chi connectivity index (χ4n) is 3.94. The van der Waals surface area contributed by atoms with Gasteiger partial charge in [-0.1, -0.05) is 29.8 Å². The Kier molecular flexibility index (Phi) is 4.80. The molecule has 1 aromatic carbocycles. The van der Waals surface area contributed by atoms with Crippen LogP contribution in [0.2, 0.25) is 0 Å².